The Morgan fingerprint density at radius 1 is 1.22 bits per heavy atom. The zero-order chi connectivity index (χ0) is 6.78. The molecule has 0 fully saturated rings. The van der Waals surface area contributed by atoms with Gasteiger partial charge in [-0.2, -0.15) is 0 Å². The molecule has 0 atom stereocenters. The fourth-order valence-electron chi connectivity index (χ4n) is 0.316. The van der Waals surface area contributed by atoms with E-state index >= 15 is 0 Å². The summed E-state index contributed by atoms with van der Waals surface area (Å²) in [5.74, 6) is 0. The quantitative estimate of drug-likeness (QED) is 0.568. The summed E-state index contributed by atoms with van der Waals surface area (Å²) >= 11 is 0. The van der Waals surface area contributed by atoms with Crippen molar-refractivity contribution in [2.75, 3.05) is 14.1 Å². The van der Waals surface area contributed by atoms with Crippen molar-refractivity contribution >= 4 is 17.6 Å². The van der Waals surface area contributed by atoms with Gasteiger partial charge >= 0.3 is 17.6 Å². The van der Waals surface area contributed by atoms with Gasteiger partial charge in [-0.25, -0.2) is 0 Å². The standard InChI is InChI=1S/C7H17N.GeH4/c1-6-7(2,3)8(4)5;/h6H2,1-5H3;1H4. The maximum atomic E-state index is 2.24. The fraction of sp³-hybridized carbons (Fsp3) is 1.00. The van der Waals surface area contributed by atoms with Crippen LogP contribution in [-0.2, 0) is 0 Å². The van der Waals surface area contributed by atoms with Crippen LogP contribution in [0.15, 0.2) is 0 Å². The molecule has 0 aromatic heterocycles. The Hall–Kier alpha value is 0.503. The average Bonchev–Trinajstić information content (AvgIpc) is 1.67. The molecular weight excluding hydrogens is 171 g/mol. The Labute approximate surface area is 69.8 Å². The topological polar surface area (TPSA) is 3.24 Å². The van der Waals surface area contributed by atoms with Crippen LogP contribution in [0.3, 0.4) is 0 Å². The van der Waals surface area contributed by atoms with E-state index < -0.39 is 0 Å². The van der Waals surface area contributed by atoms with E-state index in [0.29, 0.717) is 5.54 Å². The van der Waals surface area contributed by atoms with Crippen molar-refractivity contribution in [2.45, 2.75) is 32.7 Å². The summed E-state index contributed by atoms with van der Waals surface area (Å²) in [5, 5.41) is 0. The van der Waals surface area contributed by atoms with Crippen LogP contribution in [0.25, 0.3) is 0 Å². The molecule has 58 valence electrons. The van der Waals surface area contributed by atoms with Gasteiger partial charge in [0, 0.05) is 5.54 Å². The van der Waals surface area contributed by atoms with Crippen molar-refractivity contribution in [3.05, 3.63) is 0 Å². The summed E-state index contributed by atoms with van der Waals surface area (Å²) in [5.41, 5.74) is 0.375. The number of nitrogens with zero attached hydrogens (tertiary/aromatic N) is 1. The number of rotatable bonds is 2. The molecule has 0 aromatic rings. The van der Waals surface area contributed by atoms with Gasteiger partial charge in [-0.15, -0.1) is 0 Å². The molecule has 0 aliphatic rings. The third-order valence-corrected chi connectivity index (χ3v) is 2.08. The maximum absolute atomic E-state index is 2.24. The van der Waals surface area contributed by atoms with Gasteiger partial charge in [-0.3, -0.25) is 0 Å². The van der Waals surface area contributed by atoms with Crippen LogP contribution in [-0.4, -0.2) is 42.1 Å². The molecule has 0 bridgehead atoms. The Kier molecular flexibility index (Phi) is 5.88. The molecule has 9 heavy (non-hydrogen) atoms. The summed E-state index contributed by atoms with van der Waals surface area (Å²) in [4.78, 5) is 2.24. The second-order valence-electron chi connectivity index (χ2n) is 3.06. The molecule has 0 unspecified atom stereocenters. The van der Waals surface area contributed by atoms with Gasteiger partial charge in [-0.1, -0.05) is 6.92 Å². The molecule has 0 saturated heterocycles. The molecule has 0 radical (unpaired) electrons. The molecule has 0 aliphatic heterocycles. The molecule has 0 N–H and O–H groups in total. The van der Waals surface area contributed by atoms with E-state index in [1.807, 2.05) is 0 Å². The first-order chi connectivity index (χ1) is 3.50. The summed E-state index contributed by atoms with van der Waals surface area (Å²) in [6, 6.07) is 0. The average molecular weight is 192 g/mol. The van der Waals surface area contributed by atoms with Gasteiger partial charge in [0.25, 0.3) is 0 Å². The van der Waals surface area contributed by atoms with Crippen LogP contribution >= 0.6 is 0 Å². The van der Waals surface area contributed by atoms with E-state index in [4.69, 9.17) is 0 Å². The summed E-state index contributed by atoms with van der Waals surface area (Å²) < 4.78 is 0. The Bertz CT molecular complexity index is 69.3. The zero-order valence-electron chi connectivity index (χ0n) is 6.65. The number of hydrogen-bond acceptors (Lipinski definition) is 1. The van der Waals surface area contributed by atoms with E-state index in [0.717, 1.165) is 0 Å². The van der Waals surface area contributed by atoms with Crippen molar-refractivity contribution in [3.8, 4) is 0 Å². The van der Waals surface area contributed by atoms with Crippen LogP contribution in [0, 0.1) is 0 Å². The van der Waals surface area contributed by atoms with Crippen molar-refractivity contribution in [1.29, 1.82) is 0 Å². The predicted molar refractivity (Wildman–Crippen MR) is 49.4 cm³/mol. The molecule has 0 spiro atoms. The molecule has 0 rings (SSSR count). The van der Waals surface area contributed by atoms with Crippen molar-refractivity contribution in [2.24, 2.45) is 0 Å². The van der Waals surface area contributed by atoms with Crippen molar-refractivity contribution < 1.29 is 0 Å². The first-order valence-electron chi connectivity index (χ1n) is 3.18. The predicted octanol–water partition coefficient (Wildman–Crippen LogP) is 0.285. The van der Waals surface area contributed by atoms with E-state index in [2.05, 4.69) is 39.8 Å². The van der Waals surface area contributed by atoms with Crippen LogP contribution in [0.2, 0.25) is 0 Å². The first-order valence-corrected chi connectivity index (χ1v) is 3.18. The minimum atomic E-state index is 0. The normalized spacial score (nSPS) is 11.3. The monoisotopic (exact) mass is 193 g/mol. The molecule has 1 nitrogen and oxygen atoms in total. The van der Waals surface area contributed by atoms with Crippen LogP contribution < -0.4 is 0 Å². The van der Waals surface area contributed by atoms with E-state index in [-0.39, 0.29) is 17.6 Å². The van der Waals surface area contributed by atoms with Crippen LogP contribution in [0.4, 0.5) is 0 Å². The second kappa shape index (κ2) is 4.34. The zero-order valence-corrected chi connectivity index (χ0v) is 6.65. The first kappa shape index (κ1) is 12.2. The molecule has 2 heteroatoms. The summed E-state index contributed by atoms with van der Waals surface area (Å²) in [6.07, 6.45) is 1.21. The molecule has 0 aliphatic carbocycles. The Balaban J connectivity index is 0. The van der Waals surface area contributed by atoms with Crippen molar-refractivity contribution in [3.63, 3.8) is 0 Å². The summed E-state index contributed by atoms with van der Waals surface area (Å²) in [6.45, 7) is 6.69. The van der Waals surface area contributed by atoms with Crippen LogP contribution in [0.1, 0.15) is 27.2 Å². The van der Waals surface area contributed by atoms with Gasteiger partial charge in [0.2, 0.25) is 0 Å². The third kappa shape index (κ3) is 3.98. The summed E-state index contributed by atoms with van der Waals surface area (Å²) in [7, 11) is 4.23. The Morgan fingerprint density at radius 2 is 1.56 bits per heavy atom. The van der Waals surface area contributed by atoms with E-state index in [1.165, 1.54) is 6.42 Å². The van der Waals surface area contributed by atoms with E-state index in [1.54, 1.807) is 0 Å². The number of hydrogen-bond donors (Lipinski definition) is 0. The Morgan fingerprint density at radius 3 is 1.56 bits per heavy atom. The minimum absolute atomic E-state index is 0. The molecule has 0 amide bonds. The SMILES string of the molecule is CCC(C)(C)N(C)C.[GeH4]. The molecular formula is C7H21GeN. The van der Waals surface area contributed by atoms with E-state index in [9.17, 15) is 0 Å². The molecule has 0 saturated carbocycles. The van der Waals surface area contributed by atoms with Gasteiger partial charge < -0.3 is 4.90 Å². The van der Waals surface area contributed by atoms with Gasteiger partial charge in [0.1, 0.15) is 0 Å². The second-order valence-corrected chi connectivity index (χ2v) is 3.06. The third-order valence-electron chi connectivity index (χ3n) is 2.08. The van der Waals surface area contributed by atoms with Gasteiger partial charge in [-0.05, 0) is 34.4 Å². The fourth-order valence-corrected chi connectivity index (χ4v) is 0.316. The molecule has 0 heterocycles. The van der Waals surface area contributed by atoms with Crippen LogP contribution in [0.5, 0.6) is 0 Å². The van der Waals surface area contributed by atoms with Gasteiger partial charge in [0.05, 0.1) is 0 Å². The molecule has 0 aromatic carbocycles. The van der Waals surface area contributed by atoms with Gasteiger partial charge in [0.15, 0.2) is 0 Å². The van der Waals surface area contributed by atoms with Crippen molar-refractivity contribution in [1.82, 2.24) is 4.90 Å².